The van der Waals surface area contributed by atoms with E-state index in [4.69, 9.17) is 4.98 Å². The van der Waals surface area contributed by atoms with Crippen LogP contribution in [0, 0.1) is 0 Å². The Kier molecular flexibility index (Phi) is 5.27. The molecule has 2 aromatic heterocycles. The molecule has 150 valence electrons. The third-order valence-electron chi connectivity index (χ3n) is 5.40. The van der Waals surface area contributed by atoms with Crippen LogP contribution < -0.4 is 5.56 Å². The van der Waals surface area contributed by atoms with Gasteiger partial charge in [0.15, 0.2) is 10.9 Å². The van der Waals surface area contributed by atoms with E-state index in [2.05, 4.69) is 0 Å². The number of rotatable bonds is 6. The lowest BCUT2D eigenvalue weighted by molar-refractivity contribution is 0.102. The Morgan fingerprint density at radius 1 is 1.03 bits per heavy atom. The smallest absolute Gasteiger partial charge is 0.263 e. The van der Waals surface area contributed by atoms with Gasteiger partial charge >= 0.3 is 0 Å². The highest BCUT2D eigenvalue weighted by Gasteiger charge is 2.23. The third-order valence-corrected chi connectivity index (χ3v) is 7.56. The molecule has 0 saturated carbocycles. The number of ketones is 1. The van der Waals surface area contributed by atoms with E-state index < -0.39 is 0 Å². The maximum atomic E-state index is 13.5. The van der Waals surface area contributed by atoms with Crippen LogP contribution in [-0.2, 0) is 19.4 Å². The number of carbonyl (C=O) groups excluding carboxylic acids is 1. The van der Waals surface area contributed by atoms with E-state index in [0.29, 0.717) is 17.3 Å². The standard InChI is InChI=1S/C24H20N2O2S2/c27-19(17-10-5-2-6-11-17)15-29-24-25-22-21(18-12-7-13-20(18)30-22)23(28)26(24)14-16-8-3-1-4-9-16/h1-6,8-11H,7,12-15H2. The van der Waals surface area contributed by atoms with Gasteiger partial charge in [-0.25, -0.2) is 4.98 Å². The predicted octanol–water partition coefficient (Wildman–Crippen LogP) is 4.97. The maximum Gasteiger partial charge on any atom is 0.263 e. The molecule has 0 saturated heterocycles. The molecule has 4 aromatic rings. The van der Waals surface area contributed by atoms with Crippen molar-refractivity contribution >= 4 is 39.1 Å². The Hall–Kier alpha value is -2.70. The largest absolute Gasteiger partial charge is 0.293 e. The average molecular weight is 433 g/mol. The fraction of sp³-hybridized carbons (Fsp3) is 0.208. The number of hydrogen-bond donors (Lipinski definition) is 0. The molecule has 2 aromatic carbocycles. The topological polar surface area (TPSA) is 52.0 Å². The summed E-state index contributed by atoms with van der Waals surface area (Å²) in [6, 6.07) is 19.2. The van der Waals surface area contributed by atoms with Gasteiger partial charge in [-0.1, -0.05) is 72.4 Å². The van der Waals surface area contributed by atoms with Crippen molar-refractivity contribution in [1.82, 2.24) is 9.55 Å². The Labute approximate surface area is 182 Å². The molecule has 30 heavy (non-hydrogen) atoms. The minimum absolute atomic E-state index is 0.0120. The zero-order valence-corrected chi connectivity index (χ0v) is 18.0. The molecule has 2 heterocycles. The molecule has 0 fully saturated rings. The van der Waals surface area contributed by atoms with Crippen LogP contribution in [0.5, 0.6) is 0 Å². The van der Waals surface area contributed by atoms with E-state index in [0.717, 1.165) is 35.0 Å². The summed E-state index contributed by atoms with van der Waals surface area (Å²) in [7, 11) is 0. The van der Waals surface area contributed by atoms with E-state index in [1.165, 1.54) is 22.2 Å². The molecule has 0 aliphatic heterocycles. The number of hydrogen-bond acceptors (Lipinski definition) is 5. The van der Waals surface area contributed by atoms with E-state index in [-0.39, 0.29) is 17.1 Å². The summed E-state index contributed by atoms with van der Waals surface area (Å²) < 4.78 is 1.74. The highest BCUT2D eigenvalue weighted by atomic mass is 32.2. The number of aryl methyl sites for hydroxylation is 2. The average Bonchev–Trinajstić information content (AvgIpc) is 3.36. The highest BCUT2D eigenvalue weighted by Crippen LogP contribution is 2.35. The molecule has 0 atom stereocenters. The summed E-state index contributed by atoms with van der Waals surface area (Å²) in [5.41, 5.74) is 2.92. The molecule has 6 heteroatoms. The summed E-state index contributed by atoms with van der Waals surface area (Å²) in [5, 5.41) is 1.39. The lowest BCUT2D eigenvalue weighted by atomic mass is 10.2. The van der Waals surface area contributed by atoms with Crippen molar-refractivity contribution in [3.8, 4) is 0 Å². The van der Waals surface area contributed by atoms with Gasteiger partial charge in [0, 0.05) is 10.4 Å². The van der Waals surface area contributed by atoms with Crippen LogP contribution in [-0.4, -0.2) is 21.1 Å². The van der Waals surface area contributed by atoms with Gasteiger partial charge in [0.25, 0.3) is 5.56 Å². The summed E-state index contributed by atoms with van der Waals surface area (Å²) in [4.78, 5) is 33.1. The van der Waals surface area contributed by atoms with Gasteiger partial charge in [0.1, 0.15) is 4.83 Å². The highest BCUT2D eigenvalue weighted by molar-refractivity contribution is 7.99. The van der Waals surface area contributed by atoms with Crippen LogP contribution in [0.1, 0.15) is 32.8 Å². The van der Waals surface area contributed by atoms with Crippen molar-refractivity contribution in [2.75, 3.05) is 5.75 Å². The summed E-state index contributed by atoms with van der Waals surface area (Å²) in [6.45, 7) is 0.453. The van der Waals surface area contributed by atoms with Crippen LogP contribution in [0.4, 0.5) is 0 Å². The minimum atomic E-state index is 0.0120. The zero-order chi connectivity index (χ0) is 20.5. The van der Waals surface area contributed by atoms with Crippen LogP contribution in [0.25, 0.3) is 10.2 Å². The molecule has 0 bridgehead atoms. The monoisotopic (exact) mass is 432 g/mol. The molecule has 0 N–H and O–H groups in total. The number of fused-ring (bicyclic) bond motifs is 3. The first-order chi connectivity index (χ1) is 14.7. The van der Waals surface area contributed by atoms with Gasteiger partial charge in [0.05, 0.1) is 17.7 Å². The van der Waals surface area contributed by atoms with Crippen LogP contribution >= 0.6 is 23.1 Å². The number of thioether (sulfide) groups is 1. The van der Waals surface area contributed by atoms with Crippen molar-refractivity contribution in [3.05, 3.63) is 92.6 Å². The van der Waals surface area contributed by atoms with Gasteiger partial charge in [-0.15, -0.1) is 11.3 Å². The van der Waals surface area contributed by atoms with Gasteiger partial charge in [-0.3, -0.25) is 14.2 Å². The first kappa shape index (κ1) is 19.3. The fourth-order valence-electron chi connectivity index (χ4n) is 3.91. The molecule has 1 aliphatic carbocycles. The first-order valence-corrected chi connectivity index (χ1v) is 11.8. The normalized spacial score (nSPS) is 12.9. The van der Waals surface area contributed by atoms with E-state index in [9.17, 15) is 9.59 Å². The SMILES string of the molecule is O=C(CSc1nc2sc3c(c2c(=O)n1Cc1ccccc1)CCC3)c1ccccc1. The zero-order valence-electron chi connectivity index (χ0n) is 16.3. The Morgan fingerprint density at radius 2 is 1.77 bits per heavy atom. The third kappa shape index (κ3) is 3.61. The fourth-order valence-corrected chi connectivity index (χ4v) is 6.11. The first-order valence-electron chi connectivity index (χ1n) is 10.0. The lowest BCUT2D eigenvalue weighted by Gasteiger charge is -2.12. The number of aromatic nitrogens is 2. The number of thiophene rings is 1. The van der Waals surface area contributed by atoms with Crippen LogP contribution in [0.3, 0.4) is 0 Å². The Morgan fingerprint density at radius 3 is 2.53 bits per heavy atom. The van der Waals surface area contributed by atoms with Crippen LogP contribution in [0.15, 0.2) is 70.6 Å². The number of benzene rings is 2. The van der Waals surface area contributed by atoms with Crippen molar-refractivity contribution < 1.29 is 4.79 Å². The Balaban J connectivity index is 1.54. The van der Waals surface area contributed by atoms with E-state index in [1.807, 2.05) is 60.7 Å². The van der Waals surface area contributed by atoms with Gasteiger partial charge in [-0.2, -0.15) is 0 Å². The van der Waals surface area contributed by atoms with Crippen molar-refractivity contribution in [1.29, 1.82) is 0 Å². The lowest BCUT2D eigenvalue weighted by Crippen LogP contribution is -2.24. The van der Waals surface area contributed by atoms with Crippen molar-refractivity contribution in [2.45, 2.75) is 31.0 Å². The van der Waals surface area contributed by atoms with E-state index in [1.54, 1.807) is 15.9 Å². The number of carbonyl (C=O) groups is 1. The van der Waals surface area contributed by atoms with Crippen molar-refractivity contribution in [2.24, 2.45) is 0 Å². The Bertz CT molecular complexity index is 1280. The molecule has 0 radical (unpaired) electrons. The summed E-state index contributed by atoms with van der Waals surface area (Å²) in [5.74, 6) is 0.289. The second-order valence-electron chi connectivity index (χ2n) is 7.39. The molecule has 1 aliphatic rings. The molecule has 0 amide bonds. The number of nitrogens with zero attached hydrogens (tertiary/aromatic N) is 2. The molecule has 0 spiro atoms. The predicted molar refractivity (Wildman–Crippen MR) is 123 cm³/mol. The summed E-state index contributed by atoms with van der Waals surface area (Å²) in [6.07, 6.45) is 3.09. The number of Topliss-reactive ketones (excluding diaryl/α,β-unsaturated/α-hetero) is 1. The minimum Gasteiger partial charge on any atom is -0.293 e. The summed E-state index contributed by atoms with van der Waals surface area (Å²) >= 11 is 2.99. The van der Waals surface area contributed by atoms with Gasteiger partial charge in [-0.05, 0) is 30.4 Å². The van der Waals surface area contributed by atoms with Crippen LogP contribution in [0.2, 0.25) is 0 Å². The quantitative estimate of drug-likeness (QED) is 0.245. The van der Waals surface area contributed by atoms with E-state index >= 15 is 0 Å². The van der Waals surface area contributed by atoms with Gasteiger partial charge in [0.2, 0.25) is 0 Å². The second-order valence-corrected chi connectivity index (χ2v) is 9.41. The second kappa shape index (κ2) is 8.20. The molecular formula is C24H20N2O2S2. The maximum absolute atomic E-state index is 13.5. The molecular weight excluding hydrogens is 412 g/mol. The molecule has 4 nitrogen and oxygen atoms in total. The van der Waals surface area contributed by atoms with Gasteiger partial charge < -0.3 is 0 Å². The molecule has 5 rings (SSSR count). The van der Waals surface area contributed by atoms with Crippen molar-refractivity contribution in [3.63, 3.8) is 0 Å². The molecule has 0 unspecified atom stereocenters.